The molecule has 96 valence electrons. The smallest absolute Gasteiger partial charge is 0.146 e. The van der Waals surface area contributed by atoms with E-state index in [1.165, 1.54) is 0 Å². The van der Waals surface area contributed by atoms with Crippen molar-refractivity contribution in [1.29, 1.82) is 0 Å². The summed E-state index contributed by atoms with van der Waals surface area (Å²) in [5.41, 5.74) is 7.60. The molecule has 2 rings (SSSR count). The van der Waals surface area contributed by atoms with E-state index < -0.39 is 0 Å². The lowest BCUT2D eigenvalue weighted by atomic mass is 10.2. The van der Waals surface area contributed by atoms with Gasteiger partial charge in [0.2, 0.25) is 0 Å². The van der Waals surface area contributed by atoms with Crippen molar-refractivity contribution < 1.29 is 4.74 Å². The van der Waals surface area contributed by atoms with Gasteiger partial charge in [-0.3, -0.25) is 0 Å². The molecule has 1 heterocycles. The molecule has 0 fully saturated rings. The fraction of sp³-hybridized carbons (Fsp3) is 0.308. The average molecular weight is 266 g/mol. The van der Waals surface area contributed by atoms with Crippen LogP contribution in [-0.2, 0) is 13.0 Å². The highest BCUT2D eigenvalue weighted by molar-refractivity contribution is 6.32. The van der Waals surface area contributed by atoms with Gasteiger partial charge < -0.3 is 15.5 Å². The number of aryl methyl sites for hydroxylation is 1. The lowest BCUT2D eigenvalue weighted by Crippen LogP contribution is -2.03. The van der Waals surface area contributed by atoms with E-state index in [0.29, 0.717) is 23.9 Å². The minimum Gasteiger partial charge on any atom is -0.484 e. The molecule has 0 aliphatic carbocycles. The van der Waals surface area contributed by atoms with Crippen LogP contribution in [0.3, 0.4) is 0 Å². The molecule has 0 unspecified atom stereocenters. The monoisotopic (exact) mass is 265 g/mol. The van der Waals surface area contributed by atoms with Crippen LogP contribution >= 0.6 is 11.6 Å². The number of H-pyrrole nitrogens is 1. The van der Waals surface area contributed by atoms with E-state index in [-0.39, 0.29) is 0 Å². The van der Waals surface area contributed by atoms with Crippen molar-refractivity contribution in [2.75, 3.05) is 6.54 Å². The summed E-state index contributed by atoms with van der Waals surface area (Å²) in [7, 11) is 0. The predicted molar refractivity (Wildman–Crippen MR) is 71.9 cm³/mol. The number of nitrogens with two attached hydrogens (primary N) is 1. The maximum Gasteiger partial charge on any atom is 0.146 e. The first kappa shape index (κ1) is 12.9. The number of aromatic nitrogens is 2. The normalized spacial score (nSPS) is 10.6. The number of imidazole rings is 1. The number of benzene rings is 1. The van der Waals surface area contributed by atoms with Gasteiger partial charge in [0.25, 0.3) is 0 Å². The standard InChI is InChI=1S/C13H16ClN3O/c1-9-2-3-11(14)12(6-9)18-8-13-16-7-10(17-13)4-5-15/h2-3,6-7H,4-5,8,15H2,1H3,(H,16,17). The van der Waals surface area contributed by atoms with Crippen molar-refractivity contribution in [3.05, 3.63) is 46.5 Å². The first-order chi connectivity index (χ1) is 8.69. The van der Waals surface area contributed by atoms with E-state index in [0.717, 1.165) is 23.5 Å². The van der Waals surface area contributed by atoms with Crippen LogP contribution in [0.25, 0.3) is 0 Å². The molecule has 0 aliphatic rings. The van der Waals surface area contributed by atoms with Gasteiger partial charge in [0.15, 0.2) is 0 Å². The van der Waals surface area contributed by atoms with Crippen molar-refractivity contribution in [3.63, 3.8) is 0 Å². The molecule has 0 aliphatic heterocycles. The summed E-state index contributed by atoms with van der Waals surface area (Å²) in [5.74, 6) is 1.45. The van der Waals surface area contributed by atoms with E-state index >= 15 is 0 Å². The van der Waals surface area contributed by atoms with E-state index in [2.05, 4.69) is 9.97 Å². The van der Waals surface area contributed by atoms with E-state index in [1.807, 2.05) is 25.1 Å². The molecule has 0 atom stereocenters. The molecule has 0 saturated heterocycles. The van der Waals surface area contributed by atoms with Crippen molar-refractivity contribution in [1.82, 2.24) is 9.97 Å². The Morgan fingerprint density at radius 2 is 2.28 bits per heavy atom. The Morgan fingerprint density at radius 1 is 1.44 bits per heavy atom. The Balaban J connectivity index is 1.99. The molecule has 18 heavy (non-hydrogen) atoms. The highest BCUT2D eigenvalue weighted by Crippen LogP contribution is 2.25. The predicted octanol–water partition coefficient (Wildman–Crippen LogP) is 2.45. The van der Waals surface area contributed by atoms with Crippen molar-refractivity contribution >= 4 is 11.6 Å². The highest BCUT2D eigenvalue weighted by atomic mass is 35.5. The summed E-state index contributed by atoms with van der Waals surface area (Å²) in [6, 6.07) is 5.68. The molecule has 0 amide bonds. The van der Waals surface area contributed by atoms with Crippen LogP contribution in [0.5, 0.6) is 5.75 Å². The summed E-state index contributed by atoms with van der Waals surface area (Å²) in [6.07, 6.45) is 2.57. The molecule has 0 radical (unpaired) electrons. The lowest BCUT2D eigenvalue weighted by Gasteiger charge is -2.07. The van der Waals surface area contributed by atoms with Gasteiger partial charge in [0.1, 0.15) is 18.2 Å². The van der Waals surface area contributed by atoms with Crippen molar-refractivity contribution in [2.45, 2.75) is 20.0 Å². The second kappa shape index (κ2) is 5.89. The van der Waals surface area contributed by atoms with Crippen LogP contribution in [-0.4, -0.2) is 16.5 Å². The first-order valence-electron chi connectivity index (χ1n) is 5.81. The zero-order valence-corrected chi connectivity index (χ0v) is 11.0. The number of nitrogens with one attached hydrogen (secondary N) is 1. The Labute approximate surface area is 111 Å². The lowest BCUT2D eigenvalue weighted by molar-refractivity contribution is 0.297. The molecule has 5 heteroatoms. The van der Waals surface area contributed by atoms with Crippen LogP contribution in [0, 0.1) is 6.92 Å². The SMILES string of the molecule is Cc1ccc(Cl)c(OCc2ncc(CCN)[nH]2)c1. The topological polar surface area (TPSA) is 63.9 Å². The fourth-order valence-corrected chi connectivity index (χ4v) is 1.80. The zero-order valence-electron chi connectivity index (χ0n) is 10.2. The number of hydrogen-bond donors (Lipinski definition) is 2. The maximum atomic E-state index is 6.05. The van der Waals surface area contributed by atoms with Crippen LogP contribution < -0.4 is 10.5 Å². The molecule has 0 saturated carbocycles. The molecule has 0 bridgehead atoms. The average Bonchev–Trinajstić information content (AvgIpc) is 2.79. The molecular weight excluding hydrogens is 250 g/mol. The van der Waals surface area contributed by atoms with Crippen LogP contribution in [0.2, 0.25) is 5.02 Å². The van der Waals surface area contributed by atoms with Gasteiger partial charge in [-0.2, -0.15) is 0 Å². The number of ether oxygens (including phenoxy) is 1. The second-order valence-corrected chi connectivity index (χ2v) is 4.52. The van der Waals surface area contributed by atoms with Crippen LogP contribution in [0.4, 0.5) is 0 Å². The van der Waals surface area contributed by atoms with Crippen LogP contribution in [0.1, 0.15) is 17.1 Å². The number of halogens is 1. The quantitative estimate of drug-likeness (QED) is 0.873. The van der Waals surface area contributed by atoms with Gasteiger partial charge in [-0.25, -0.2) is 4.98 Å². The van der Waals surface area contributed by atoms with Gasteiger partial charge in [0.05, 0.1) is 5.02 Å². The maximum absolute atomic E-state index is 6.05. The molecule has 1 aromatic carbocycles. The van der Waals surface area contributed by atoms with E-state index in [9.17, 15) is 0 Å². The Morgan fingerprint density at radius 3 is 3.06 bits per heavy atom. The van der Waals surface area contributed by atoms with E-state index in [1.54, 1.807) is 6.20 Å². The summed E-state index contributed by atoms with van der Waals surface area (Å²) in [5, 5.41) is 0.606. The van der Waals surface area contributed by atoms with E-state index in [4.69, 9.17) is 22.1 Å². The van der Waals surface area contributed by atoms with Crippen molar-refractivity contribution in [2.24, 2.45) is 5.73 Å². The summed E-state index contributed by atoms with van der Waals surface area (Å²) >= 11 is 6.05. The van der Waals surface area contributed by atoms with Gasteiger partial charge in [0, 0.05) is 18.3 Å². The fourth-order valence-electron chi connectivity index (χ4n) is 1.63. The first-order valence-corrected chi connectivity index (χ1v) is 6.18. The number of rotatable bonds is 5. The third-order valence-corrected chi connectivity index (χ3v) is 2.86. The number of aromatic amines is 1. The number of nitrogens with zero attached hydrogens (tertiary/aromatic N) is 1. The molecule has 3 N–H and O–H groups in total. The molecular formula is C13H16ClN3O. The number of hydrogen-bond acceptors (Lipinski definition) is 3. The summed E-state index contributed by atoms with van der Waals surface area (Å²) < 4.78 is 5.64. The Bertz CT molecular complexity index is 525. The Hall–Kier alpha value is -1.52. The van der Waals surface area contributed by atoms with Gasteiger partial charge in [-0.1, -0.05) is 17.7 Å². The third-order valence-electron chi connectivity index (χ3n) is 2.55. The highest BCUT2D eigenvalue weighted by Gasteiger charge is 2.04. The largest absolute Gasteiger partial charge is 0.484 e. The summed E-state index contributed by atoms with van der Waals surface area (Å²) in [6.45, 7) is 2.97. The minimum absolute atomic E-state index is 0.369. The van der Waals surface area contributed by atoms with Gasteiger partial charge in [-0.15, -0.1) is 0 Å². The zero-order chi connectivity index (χ0) is 13.0. The molecule has 2 aromatic rings. The minimum atomic E-state index is 0.369. The summed E-state index contributed by atoms with van der Waals surface area (Å²) in [4.78, 5) is 7.38. The third kappa shape index (κ3) is 3.24. The van der Waals surface area contributed by atoms with Gasteiger partial charge >= 0.3 is 0 Å². The van der Waals surface area contributed by atoms with Crippen LogP contribution in [0.15, 0.2) is 24.4 Å². The molecule has 4 nitrogen and oxygen atoms in total. The molecule has 0 spiro atoms. The Kier molecular flexibility index (Phi) is 4.23. The molecule has 1 aromatic heterocycles. The van der Waals surface area contributed by atoms with Gasteiger partial charge in [-0.05, 0) is 31.2 Å². The van der Waals surface area contributed by atoms with Crippen molar-refractivity contribution in [3.8, 4) is 5.75 Å². The second-order valence-electron chi connectivity index (χ2n) is 4.12.